The molecule has 1 aliphatic rings. The summed E-state index contributed by atoms with van der Waals surface area (Å²) in [5, 5.41) is 19.3. The summed E-state index contributed by atoms with van der Waals surface area (Å²) < 4.78 is 0. The van der Waals surface area contributed by atoms with Crippen LogP contribution in [0, 0.1) is 11.8 Å². The van der Waals surface area contributed by atoms with E-state index in [1.165, 1.54) is 0 Å². The lowest BCUT2D eigenvalue weighted by Gasteiger charge is -2.39. The lowest BCUT2D eigenvalue weighted by atomic mass is 9.73. The highest BCUT2D eigenvalue weighted by Gasteiger charge is 2.37. The van der Waals surface area contributed by atoms with Crippen LogP contribution in [0.3, 0.4) is 0 Å². The minimum atomic E-state index is -0.842. The maximum Gasteiger partial charge on any atom is 0.0877 e. The highest BCUT2D eigenvalue weighted by atomic mass is 16.3. The molecule has 0 heterocycles. The minimum Gasteiger partial charge on any atom is -0.390 e. The van der Waals surface area contributed by atoms with Crippen LogP contribution >= 0.6 is 0 Å². The summed E-state index contributed by atoms with van der Waals surface area (Å²) in [5.74, 6) is 1.20. The van der Waals surface area contributed by atoms with Crippen molar-refractivity contribution in [2.75, 3.05) is 0 Å². The molecule has 12 heavy (non-hydrogen) atoms. The van der Waals surface area contributed by atoms with Gasteiger partial charge < -0.3 is 10.2 Å². The summed E-state index contributed by atoms with van der Waals surface area (Å²) in [6, 6.07) is 0. The minimum absolute atomic E-state index is 0.529. The topological polar surface area (TPSA) is 40.5 Å². The third-order valence-electron chi connectivity index (χ3n) is 3.21. The zero-order valence-corrected chi connectivity index (χ0v) is 8.25. The standard InChI is InChI=1S/C10H20O2/c1-7(2)8-4-5-10(3,12)9(11)6-8/h7-9,11-12H,4-6H2,1-3H3/t8-,9+,10+/m0/s1. The molecule has 0 saturated heterocycles. The van der Waals surface area contributed by atoms with Gasteiger partial charge in [-0.05, 0) is 38.0 Å². The monoisotopic (exact) mass is 172 g/mol. The van der Waals surface area contributed by atoms with Gasteiger partial charge >= 0.3 is 0 Å². The van der Waals surface area contributed by atoms with Gasteiger partial charge in [-0.2, -0.15) is 0 Å². The van der Waals surface area contributed by atoms with Gasteiger partial charge in [0.15, 0.2) is 0 Å². The summed E-state index contributed by atoms with van der Waals surface area (Å²) >= 11 is 0. The number of hydrogen-bond acceptors (Lipinski definition) is 2. The second-order valence-corrected chi connectivity index (χ2v) is 4.65. The maximum absolute atomic E-state index is 9.69. The summed E-state index contributed by atoms with van der Waals surface area (Å²) in [6.07, 6.45) is 2.00. The Kier molecular flexibility index (Phi) is 2.79. The Bertz CT molecular complexity index is 152. The van der Waals surface area contributed by atoms with Gasteiger partial charge in [0, 0.05) is 0 Å². The van der Waals surface area contributed by atoms with Crippen LogP contribution in [0.25, 0.3) is 0 Å². The van der Waals surface area contributed by atoms with Crippen LogP contribution in [0.5, 0.6) is 0 Å². The molecule has 2 N–H and O–H groups in total. The predicted octanol–water partition coefficient (Wildman–Crippen LogP) is 1.55. The molecule has 1 rings (SSSR count). The van der Waals surface area contributed by atoms with Crippen LogP contribution in [0.2, 0.25) is 0 Å². The third-order valence-corrected chi connectivity index (χ3v) is 3.21. The fourth-order valence-electron chi connectivity index (χ4n) is 1.91. The fourth-order valence-corrected chi connectivity index (χ4v) is 1.91. The average molecular weight is 172 g/mol. The van der Waals surface area contributed by atoms with Gasteiger partial charge in [-0.1, -0.05) is 13.8 Å². The van der Waals surface area contributed by atoms with E-state index >= 15 is 0 Å². The first-order chi connectivity index (χ1) is 5.43. The molecule has 0 aromatic heterocycles. The molecular formula is C10H20O2. The first kappa shape index (κ1) is 10.0. The van der Waals surface area contributed by atoms with Crippen LogP contribution in [0.15, 0.2) is 0 Å². The van der Waals surface area contributed by atoms with E-state index in [4.69, 9.17) is 0 Å². The Hall–Kier alpha value is -0.0800. The Morgan fingerprint density at radius 2 is 2.00 bits per heavy atom. The van der Waals surface area contributed by atoms with Crippen LogP contribution < -0.4 is 0 Å². The SMILES string of the molecule is CC(C)[C@H]1CC[C@@](C)(O)[C@H](O)C1. The molecule has 0 aliphatic heterocycles. The molecule has 0 aromatic rings. The van der Waals surface area contributed by atoms with Crippen LogP contribution in [-0.4, -0.2) is 21.9 Å². The Morgan fingerprint density at radius 1 is 1.42 bits per heavy atom. The van der Waals surface area contributed by atoms with E-state index in [1.54, 1.807) is 6.92 Å². The fraction of sp³-hybridized carbons (Fsp3) is 1.00. The van der Waals surface area contributed by atoms with E-state index in [1.807, 2.05) is 0 Å². The molecule has 2 heteroatoms. The molecule has 1 fully saturated rings. The molecule has 0 spiro atoms. The zero-order valence-electron chi connectivity index (χ0n) is 8.25. The molecule has 3 atom stereocenters. The Balaban J connectivity index is 2.52. The number of aliphatic hydroxyl groups is 2. The molecule has 1 saturated carbocycles. The van der Waals surface area contributed by atoms with Crippen molar-refractivity contribution < 1.29 is 10.2 Å². The van der Waals surface area contributed by atoms with Crippen molar-refractivity contribution >= 4 is 0 Å². The van der Waals surface area contributed by atoms with Crippen molar-refractivity contribution in [3.05, 3.63) is 0 Å². The van der Waals surface area contributed by atoms with Crippen molar-refractivity contribution in [1.29, 1.82) is 0 Å². The van der Waals surface area contributed by atoms with E-state index < -0.39 is 11.7 Å². The highest BCUT2D eigenvalue weighted by molar-refractivity contribution is 4.89. The summed E-state index contributed by atoms with van der Waals surface area (Å²) in [5.41, 5.74) is -0.842. The molecular weight excluding hydrogens is 152 g/mol. The van der Waals surface area contributed by atoms with E-state index in [9.17, 15) is 10.2 Å². The van der Waals surface area contributed by atoms with Crippen LogP contribution in [0.1, 0.15) is 40.0 Å². The van der Waals surface area contributed by atoms with Gasteiger partial charge in [0.2, 0.25) is 0 Å². The highest BCUT2D eigenvalue weighted by Crippen LogP contribution is 2.35. The van der Waals surface area contributed by atoms with E-state index in [0.29, 0.717) is 11.8 Å². The van der Waals surface area contributed by atoms with Gasteiger partial charge in [0.25, 0.3) is 0 Å². The molecule has 0 unspecified atom stereocenters. The molecule has 1 aliphatic carbocycles. The first-order valence-electron chi connectivity index (χ1n) is 4.84. The smallest absolute Gasteiger partial charge is 0.0877 e. The molecule has 0 amide bonds. The number of rotatable bonds is 1. The van der Waals surface area contributed by atoms with Crippen LogP contribution in [-0.2, 0) is 0 Å². The lowest BCUT2D eigenvalue weighted by Crippen LogP contribution is -2.45. The van der Waals surface area contributed by atoms with Crippen molar-refractivity contribution in [2.45, 2.75) is 51.7 Å². The van der Waals surface area contributed by atoms with Gasteiger partial charge in [-0.3, -0.25) is 0 Å². The van der Waals surface area contributed by atoms with Gasteiger partial charge in [0.05, 0.1) is 11.7 Å². The summed E-state index contributed by atoms with van der Waals surface area (Å²) in [6.45, 7) is 6.09. The van der Waals surface area contributed by atoms with Crippen molar-refractivity contribution in [3.63, 3.8) is 0 Å². The van der Waals surface area contributed by atoms with Gasteiger partial charge in [-0.25, -0.2) is 0 Å². The second kappa shape index (κ2) is 3.35. The summed E-state index contributed by atoms with van der Waals surface area (Å²) in [7, 11) is 0. The van der Waals surface area contributed by atoms with Crippen molar-refractivity contribution in [1.82, 2.24) is 0 Å². The maximum atomic E-state index is 9.69. The predicted molar refractivity (Wildman–Crippen MR) is 48.8 cm³/mol. The van der Waals surface area contributed by atoms with E-state index in [0.717, 1.165) is 19.3 Å². The number of hydrogen-bond donors (Lipinski definition) is 2. The molecule has 0 aromatic carbocycles. The van der Waals surface area contributed by atoms with E-state index in [-0.39, 0.29) is 0 Å². The molecule has 2 nitrogen and oxygen atoms in total. The van der Waals surface area contributed by atoms with Gasteiger partial charge in [-0.15, -0.1) is 0 Å². The summed E-state index contributed by atoms with van der Waals surface area (Å²) in [4.78, 5) is 0. The number of aliphatic hydroxyl groups excluding tert-OH is 1. The van der Waals surface area contributed by atoms with Gasteiger partial charge in [0.1, 0.15) is 0 Å². The molecule has 0 radical (unpaired) electrons. The largest absolute Gasteiger partial charge is 0.390 e. The lowest BCUT2D eigenvalue weighted by molar-refractivity contribution is -0.103. The Labute approximate surface area is 74.6 Å². The Morgan fingerprint density at radius 3 is 2.42 bits per heavy atom. The average Bonchev–Trinajstić information content (AvgIpc) is 1.94. The van der Waals surface area contributed by atoms with Crippen molar-refractivity contribution in [2.24, 2.45) is 11.8 Å². The third kappa shape index (κ3) is 1.99. The normalized spacial score (nSPS) is 43.5. The molecule has 72 valence electrons. The quantitative estimate of drug-likeness (QED) is 0.630. The van der Waals surface area contributed by atoms with E-state index in [2.05, 4.69) is 13.8 Å². The first-order valence-corrected chi connectivity index (χ1v) is 4.84. The van der Waals surface area contributed by atoms with Crippen LogP contribution in [0.4, 0.5) is 0 Å². The van der Waals surface area contributed by atoms with Crippen molar-refractivity contribution in [3.8, 4) is 0 Å². The zero-order chi connectivity index (χ0) is 9.35. The second-order valence-electron chi connectivity index (χ2n) is 4.65. The molecule has 0 bridgehead atoms.